The fraction of sp³-hybridized carbons (Fsp3) is 0.182. The third-order valence-electron chi connectivity index (χ3n) is 5.40. The monoisotopic (exact) mass is 556 g/mol. The molecule has 1 aliphatic rings. The van der Waals surface area contributed by atoms with E-state index in [1.165, 1.54) is 35.7 Å². The van der Waals surface area contributed by atoms with Gasteiger partial charge in [-0.1, -0.05) is 35.7 Å². The van der Waals surface area contributed by atoms with E-state index in [0.717, 1.165) is 0 Å². The Morgan fingerprint density at radius 2 is 1.22 bits per heavy atom. The van der Waals surface area contributed by atoms with Crippen molar-refractivity contribution in [3.05, 3.63) is 49.1 Å². The summed E-state index contributed by atoms with van der Waals surface area (Å²) < 4.78 is 30.0. The molecule has 3 heterocycles. The molecule has 2 aromatic heterocycles. The molecule has 2 aromatic carbocycles. The smallest absolute Gasteiger partial charge is 0.234 e. The number of sulfone groups is 1. The first-order valence-electron chi connectivity index (χ1n) is 10.8. The van der Waals surface area contributed by atoms with Gasteiger partial charge in [-0.15, -0.1) is 20.4 Å². The molecule has 0 bridgehead atoms. The third-order valence-corrected chi connectivity index (χ3v) is 9.31. The molecular formula is C22H20N8O4S3. The van der Waals surface area contributed by atoms with Crippen LogP contribution in [0.4, 0.5) is 11.4 Å². The number of fused-ring (bicyclic) bond motifs is 3. The SMILES string of the molecule is Cn1cnnc1SCC(=O)Nc1ccc2c(c1)S(=O)(=O)c1cc(NC(=O)CSc3nncn3C)ccc1-2. The van der Waals surface area contributed by atoms with Crippen LogP contribution in [-0.4, -0.2) is 61.3 Å². The zero-order valence-electron chi connectivity index (χ0n) is 19.6. The van der Waals surface area contributed by atoms with Gasteiger partial charge in [-0.25, -0.2) is 8.42 Å². The summed E-state index contributed by atoms with van der Waals surface area (Å²) in [6.07, 6.45) is 3.08. The molecule has 37 heavy (non-hydrogen) atoms. The summed E-state index contributed by atoms with van der Waals surface area (Å²) in [6.45, 7) is 0. The maximum Gasteiger partial charge on any atom is 0.234 e. The lowest BCUT2D eigenvalue weighted by Gasteiger charge is -2.07. The van der Waals surface area contributed by atoms with Gasteiger partial charge in [0.2, 0.25) is 21.7 Å². The van der Waals surface area contributed by atoms with Crippen molar-refractivity contribution in [2.75, 3.05) is 22.1 Å². The number of amides is 2. The van der Waals surface area contributed by atoms with E-state index in [1.54, 1.807) is 60.1 Å². The predicted molar refractivity (Wildman–Crippen MR) is 138 cm³/mol. The summed E-state index contributed by atoms with van der Waals surface area (Å²) in [5.41, 5.74) is 1.82. The van der Waals surface area contributed by atoms with Crippen molar-refractivity contribution in [1.82, 2.24) is 29.5 Å². The van der Waals surface area contributed by atoms with Crippen LogP contribution in [0.2, 0.25) is 0 Å². The van der Waals surface area contributed by atoms with Crippen LogP contribution in [0, 0.1) is 0 Å². The molecule has 0 radical (unpaired) electrons. The van der Waals surface area contributed by atoms with Crippen molar-refractivity contribution in [2.24, 2.45) is 14.1 Å². The highest BCUT2D eigenvalue weighted by Crippen LogP contribution is 2.45. The van der Waals surface area contributed by atoms with Crippen molar-refractivity contribution in [2.45, 2.75) is 20.1 Å². The maximum absolute atomic E-state index is 13.3. The summed E-state index contributed by atoms with van der Waals surface area (Å²) in [5, 5.41) is 22.0. The number of benzene rings is 2. The van der Waals surface area contributed by atoms with Crippen LogP contribution < -0.4 is 10.6 Å². The van der Waals surface area contributed by atoms with Gasteiger partial charge in [-0.05, 0) is 24.3 Å². The van der Waals surface area contributed by atoms with E-state index in [-0.39, 0.29) is 33.1 Å². The van der Waals surface area contributed by atoms with Gasteiger partial charge in [-0.3, -0.25) is 9.59 Å². The second-order valence-corrected chi connectivity index (χ2v) is 11.8. The predicted octanol–water partition coefficient (Wildman–Crippen LogP) is 2.22. The largest absolute Gasteiger partial charge is 0.325 e. The minimum absolute atomic E-state index is 0.0919. The van der Waals surface area contributed by atoms with E-state index in [2.05, 4.69) is 31.0 Å². The Balaban J connectivity index is 1.28. The van der Waals surface area contributed by atoms with Crippen LogP contribution in [0.5, 0.6) is 0 Å². The van der Waals surface area contributed by atoms with Crippen LogP contribution in [0.25, 0.3) is 11.1 Å². The fourth-order valence-corrected chi connectivity index (χ4v) is 6.78. The molecule has 2 N–H and O–H groups in total. The third kappa shape index (κ3) is 5.10. The van der Waals surface area contributed by atoms with Crippen LogP contribution >= 0.6 is 23.5 Å². The molecule has 190 valence electrons. The molecule has 0 aliphatic carbocycles. The minimum Gasteiger partial charge on any atom is -0.325 e. The van der Waals surface area contributed by atoms with E-state index in [4.69, 9.17) is 0 Å². The number of hydrogen-bond donors (Lipinski definition) is 2. The Labute approximate surface area is 220 Å². The minimum atomic E-state index is -3.84. The summed E-state index contributed by atoms with van der Waals surface area (Å²) in [4.78, 5) is 25.0. The van der Waals surface area contributed by atoms with Gasteiger partial charge in [0.25, 0.3) is 0 Å². The Kier molecular flexibility index (Phi) is 6.74. The summed E-state index contributed by atoms with van der Waals surface area (Å²) in [5.74, 6) is -0.418. The van der Waals surface area contributed by atoms with Gasteiger partial charge < -0.3 is 19.8 Å². The van der Waals surface area contributed by atoms with Crippen LogP contribution in [-0.2, 0) is 33.5 Å². The lowest BCUT2D eigenvalue weighted by molar-refractivity contribution is -0.114. The second kappa shape index (κ2) is 9.99. The molecular weight excluding hydrogens is 536 g/mol. The molecule has 4 aromatic rings. The molecule has 12 nitrogen and oxygen atoms in total. The van der Waals surface area contributed by atoms with E-state index >= 15 is 0 Å². The average molecular weight is 557 g/mol. The van der Waals surface area contributed by atoms with Crippen LogP contribution in [0.3, 0.4) is 0 Å². The van der Waals surface area contributed by atoms with Gasteiger partial charge in [0.1, 0.15) is 12.7 Å². The second-order valence-electron chi connectivity index (χ2n) is 8.05. The van der Waals surface area contributed by atoms with E-state index in [1.807, 2.05) is 0 Å². The molecule has 15 heteroatoms. The molecule has 0 saturated heterocycles. The lowest BCUT2D eigenvalue weighted by atomic mass is 10.0. The number of rotatable bonds is 8. The highest BCUT2D eigenvalue weighted by Gasteiger charge is 2.33. The van der Waals surface area contributed by atoms with Gasteiger partial charge in [0.05, 0.1) is 21.3 Å². The van der Waals surface area contributed by atoms with Gasteiger partial charge in [0, 0.05) is 36.6 Å². The number of nitrogens with zero attached hydrogens (tertiary/aromatic N) is 6. The number of nitrogens with one attached hydrogen (secondary N) is 2. The van der Waals surface area contributed by atoms with Gasteiger partial charge in [0.15, 0.2) is 10.3 Å². The first-order chi connectivity index (χ1) is 17.7. The Bertz CT molecular complexity index is 1520. The van der Waals surface area contributed by atoms with Gasteiger partial charge >= 0.3 is 0 Å². The number of anilines is 2. The molecule has 0 spiro atoms. The Hall–Kier alpha value is -3.69. The van der Waals surface area contributed by atoms with Crippen molar-refractivity contribution in [3.8, 4) is 11.1 Å². The number of aromatic nitrogens is 6. The number of hydrogen-bond acceptors (Lipinski definition) is 10. The highest BCUT2D eigenvalue weighted by molar-refractivity contribution is 8.00. The highest BCUT2D eigenvalue weighted by atomic mass is 32.2. The first-order valence-corrected chi connectivity index (χ1v) is 14.2. The molecule has 2 amide bonds. The van der Waals surface area contributed by atoms with Crippen LogP contribution in [0.1, 0.15) is 0 Å². The Morgan fingerprint density at radius 1 is 0.784 bits per heavy atom. The van der Waals surface area contributed by atoms with E-state index < -0.39 is 9.84 Å². The zero-order valence-corrected chi connectivity index (χ0v) is 22.0. The van der Waals surface area contributed by atoms with E-state index in [0.29, 0.717) is 32.8 Å². The first kappa shape index (κ1) is 25.0. The molecule has 0 fully saturated rings. The molecule has 1 aliphatic heterocycles. The average Bonchev–Trinajstić information content (AvgIpc) is 3.53. The zero-order chi connectivity index (χ0) is 26.2. The van der Waals surface area contributed by atoms with Crippen LogP contribution in [0.15, 0.2) is 69.2 Å². The van der Waals surface area contributed by atoms with E-state index in [9.17, 15) is 18.0 Å². The van der Waals surface area contributed by atoms with Crippen molar-refractivity contribution >= 4 is 56.6 Å². The summed E-state index contributed by atoms with van der Waals surface area (Å²) >= 11 is 2.44. The maximum atomic E-state index is 13.3. The van der Waals surface area contributed by atoms with Gasteiger partial charge in [-0.2, -0.15) is 0 Å². The molecule has 0 atom stereocenters. The molecule has 0 unspecified atom stereocenters. The number of carbonyl (C=O) groups excluding carboxylic acids is 2. The standard InChI is InChI=1S/C22H20N8O4S3/c1-29-11-23-27-21(29)35-9-19(31)25-13-3-5-15-16-6-4-14(8-18(16)37(33,34)17(15)7-13)26-20(32)10-36-22-28-24-12-30(22)2/h3-8,11-12H,9-10H2,1-2H3,(H,25,31)(H,26,32). The summed E-state index contributed by atoms with van der Waals surface area (Å²) in [6, 6.07) is 9.55. The lowest BCUT2D eigenvalue weighted by Crippen LogP contribution is -2.15. The normalized spacial score (nSPS) is 13.1. The topological polar surface area (TPSA) is 154 Å². The number of thioether (sulfide) groups is 2. The summed E-state index contributed by atoms with van der Waals surface area (Å²) in [7, 11) is -0.291. The van der Waals surface area contributed by atoms with Crippen molar-refractivity contribution < 1.29 is 18.0 Å². The molecule has 0 saturated carbocycles. The number of aryl methyl sites for hydroxylation is 2. The quantitative estimate of drug-likeness (QED) is 0.272. The number of carbonyl (C=O) groups is 2. The Morgan fingerprint density at radius 3 is 1.59 bits per heavy atom. The van der Waals surface area contributed by atoms with Crippen molar-refractivity contribution in [3.63, 3.8) is 0 Å². The van der Waals surface area contributed by atoms with Crippen molar-refractivity contribution in [1.29, 1.82) is 0 Å². The fourth-order valence-electron chi connectivity index (χ4n) is 3.67. The molecule has 5 rings (SSSR count).